The molecule has 0 radical (unpaired) electrons. The van der Waals surface area contributed by atoms with Gasteiger partial charge in [-0.1, -0.05) is 27.7 Å². The van der Waals surface area contributed by atoms with Crippen LogP contribution in [0.2, 0.25) is 0 Å². The molecule has 104 valence electrons. The average Bonchev–Trinajstić information content (AvgIpc) is 3.16. The number of rotatable bonds is 0. The number of nitrogens with one attached hydrogen (secondary N) is 1. The van der Waals surface area contributed by atoms with Gasteiger partial charge in [0.1, 0.15) is 5.25 Å². The van der Waals surface area contributed by atoms with Gasteiger partial charge >= 0.3 is 0 Å². The molecule has 2 aliphatic heterocycles. The van der Waals surface area contributed by atoms with Crippen molar-refractivity contribution in [2.75, 3.05) is 7.05 Å². The Morgan fingerprint density at radius 2 is 1.89 bits per heavy atom. The molecule has 1 amide bonds. The third-order valence-electron chi connectivity index (χ3n) is 2.11. The van der Waals surface area contributed by atoms with Crippen molar-refractivity contribution >= 4 is 29.0 Å². The van der Waals surface area contributed by atoms with Gasteiger partial charge in [-0.05, 0) is 7.05 Å². The summed E-state index contributed by atoms with van der Waals surface area (Å²) >= 11 is 3.39. The van der Waals surface area contributed by atoms with Crippen LogP contribution in [0.5, 0.6) is 0 Å². The highest BCUT2D eigenvalue weighted by atomic mass is 32.2. The van der Waals surface area contributed by atoms with Crippen molar-refractivity contribution in [2.24, 2.45) is 5.73 Å². The molecule has 2 atom stereocenters. The molecule has 1 aromatic rings. The molecule has 1 saturated heterocycles. The highest BCUT2D eigenvalue weighted by molar-refractivity contribution is 8.08. The van der Waals surface area contributed by atoms with Gasteiger partial charge in [0.2, 0.25) is 5.91 Å². The summed E-state index contributed by atoms with van der Waals surface area (Å²) in [4.78, 5) is 16.8. The van der Waals surface area contributed by atoms with Crippen LogP contribution in [0.1, 0.15) is 43.5 Å². The van der Waals surface area contributed by atoms with E-state index in [0.717, 1.165) is 5.69 Å². The monoisotopic (exact) mass is 289 g/mol. The van der Waals surface area contributed by atoms with Crippen LogP contribution in [-0.4, -0.2) is 23.2 Å². The Balaban J connectivity index is 0.000000429. The van der Waals surface area contributed by atoms with Crippen LogP contribution in [0.15, 0.2) is 5.51 Å². The summed E-state index contributed by atoms with van der Waals surface area (Å²) in [5.74, 6) is 0.176. The molecule has 0 spiro atoms. The Bertz CT molecular complexity index is 355. The third kappa shape index (κ3) is 3.96. The van der Waals surface area contributed by atoms with Crippen molar-refractivity contribution in [3.05, 3.63) is 16.1 Å². The quantitative estimate of drug-likeness (QED) is 0.720. The van der Waals surface area contributed by atoms with Crippen LogP contribution in [0.25, 0.3) is 0 Å². The van der Waals surface area contributed by atoms with Crippen LogP contribution < -0.4 is 11.1 Å². The zero-order valence-electron chi connectivity index (χ0n) is 11.7. The molecule has 3 rings (SSSR count). The standard InChI is InChI=1S/C7H6N2OS2.2C2H6.CH5N/c10-7-6-5(12-6)4-3(1-8-7)9-2-11-4;3*1-2/h2,5-6H,1H2,(H,8,10);2*1-2H3;2H2,1H3. The number of nitrogens with two attached hydrogens (primary N) is 1. The largest absolute Gasteiger partial charge is 0.349 e. The van der Waals surface area contributed by atoms with Gasteiger partial charge in [-0.25, -0.2) is 4.98 Å². The number of carbonyl (C=O) groups is 1. The molecule has 6 heteroatoms. The van der Waals surface area contributed by atoms with Crippen molar-refractivity contribution in [3.63, 3.8) is 0 Å². The molecule has 3 heterocycles. The lowest BCUT2D eigenvalue weighted by Crippen LogP contribution is -2.25. The minimum absolute atomic E-state index is 0.173. The lowest BCUT2D eigenvalue weighted by atomic mass is 10.2. The molecule has 4 nitrogen and oxygen atoms in total. The Labute approximate surface area is 118 Å². The molecular weight excluding hydrogens is 266 g/mol. The fourth-order valence-electron chi connectivity index (χ4n) is 1.43. The van der Waals surface area contributed by atoms with Crippen LogP contribution in [0, 0.1) is 0 Å². The van der Waals surface area contributed by atoms with Gasteiger partial charge in [0, 0.05) is 4.88 Å². The number of carbonyl (C=O) groups excluding carboxylic acids is 1. The number of nitrogens with zero attached hydrogens (tertiary/aromatic N) is 1. The molecule has 1 aromatic heterocycles. The minimum Gasteiger partial charge on any atom is -0.349 e. The van der Waals surface area contributed by atoms with Crippen LogP contribution in [-0.2, 0) is 11.3 Å². The lowest BCUT2D eigenvalue weighted by Gasteiger charge is -1.97. The minimum atomic E-state index is 0.173. The molecule has 1 fully saturated rings. The Morgan fingerprint density at radius 3 is 2.50 bits per heavy atom. The first-order valence-corrected chi connectivity index (χ1v) is 8.11. The predicted octanol–water partition coefficient (Wildman–Crippen LogP) is 2.56. The second-order valence-electron chi connectivity index (χ2n) is 2.86. The van der Waals surface area contributed by atoms with Gasteiger partial charge in [0.05, 0.1) is 23.0 Å². The van der Waals surface area contributed by atoms with Gasteiger partial charge in [0.25, 0.3) is 0 Å². The van der Waals surface area contributed by atoms with Crippen LogP contribution >= 0.6 is 23.1 Å². The van der Waals surface area contributed by atoms with E-state index in [1.807, 2.05) is 33.2 Å². The Hall–Kier alpha value is -0.590. The summed E-state index contributed by atoms with van der Waals surface area (Å²) in [6.07, 6.45) is 0. The molecule has 0 aliphatic carbocycles. The fraction of sp³-hybridized carbons (Fsp3) is 0.667. The predicted molar refractivity (Wildman–Crippen MR) is 80.9 cm³/mol. The highest BCUT2D eigenvalue weighted by Gasteiger charge is 2.48. The Kier molecular flexibility index (Phi) is 9.05. The van der Waals surface area contributed by atoms with E-state index in [2.05, 4.69) is 16.0 Å². The van der Waals surface area contributed by atoms with Gasteiger partial charge in [-0.15, -0.1) is 23.1 Å². The highest BCUT2D eigenvalue weighted by Crippen LogP contribution is 2.57. The SMILES string of the molecule is CC.CC.CN.O=C1NCc2ncsc2C2SC12. The van der Waals surface area contributed by atoms with Gasteiger partial charge in [-0.3, -0.25) is 4.79 Å². The number of thioether (sulfide) groups is 1. The molecule has 0 aromatic carbocycles. The Morgan fingerprint density at radius 1 is 1.28 bits per heavy atom. The molecular formula is C12H23N3OS2. The normalized spacial score (nSPS) is 22.0. The van der Waals surface area contributed by atoms with E-state index < -0.39 is 0 Å². The van der Waals surface area contributed by atoms with Crippen LogP contribution in [0.3, 0.4) is 0 Å². The summed E-state index contributed by atoms with van der Waals surface area (Å²) in [5, 5.41) is 3.45. The summed E-state index contributed by atoms with van der Waals surface area (Å²) in [5.41, 5.74) is 7.42. The number of fused-ring (bicyclic) bond motifs is 3. The average molecular weight is 289 g/mol. The number of amides is 1. The summed E-state index contributed by atoms with van der Waals surface area (Å²) < 4.78 is 0. The van der Waals surface area contributed by atoms with E-state index in [1.54, 1.807) is 23.1 Å². The van der Waals surface area contributed by atoms with Gasteiger partial charge in [0.15, 0.2) is 0 Å². The van der Waals surface area contributed by atoms with E-state index in [0.29, 0.717) is 11.8 Å². The number of aromatic nitrogens is 1. The fourth-order valence-corrected chi connectivity index (χ4v) is 3.62. The summed E-state index contributed by atoms with van der Waals surface area (Å²) in [6, 6.07) is 0. The summed E-state index contributed by atoms with van der Waals surface area (Å²) in [6.45, 7) is 8.62. The van der Waals surface area contributed by atoms with E-state index in [-0.39, 0.29) is 11.2 Å². The molecule has 18 heavy (non-hydrogen) atoms. The zero-order chi connectivity index (χ0) is 14.1. The van der Waals surface area contributed by atoms with Crippen molar-refractivity contribution in [1.82, 2.24) is 10.3 Å². The first-order valence-electron chi connectivity index (χ1n) is 6.29. The van der Waals surface area contributed by atoms with Crippen molar-refractivity contribution in [3.8, 4) is 0 Å². The molecule has 2 aliphatic rings. The number of thiazole rings is 1. The first-order chi connectivity index (χ1) is 8.86. The molecule has 0 saturated carbocycles. The summed E-state index contributed by atoms with van der Waals surface area (Å²) in [7, 11) is 1.50. The molecule has 0 bridgehead atoms. The van der Waals surface area contributed by atoms with E-state index in [4.69, 9.17) is 0 Å². The maximum Gasteiger partial charge on any atom is 0.234 e. The third-order valence-corrected chi connectivity index (χ3v) is 4.48. The smallest absolute Gasteiger partial charge is 0.234 e. The number of hydrogen-bond donors (Lipinski definition) is 2. The molecule has 2 unspecified atom stereocenters. The van der Waals surface area contributed by atoms with E-state index >= 15 is 0 Å². The second kappa shape index (κ2) is 9.35. The van der Waals surface area contributed by atoms with Gasteiger partial charge in [-0.2, -0.15) is 0 Å². The van der Waals surface area contributed by atoms with Gasteiger partial charge < -0.3 is 11.1 Å². The molecule has 3 N–H and O–H groups in total. The maximum atomic E-state index is 11.3. The second-order valence-corrected chi connectivity index (χ2v) is 5.03. The van der Waals surface area contributed by atoms with Crippen molar-refractivity contribution in [2.45, 2.75) is 44.7 Å². The maximum absolute atomic E-state index is 11.3. The number of hydrogen-bond acceptors (Lipinski definition) is 5. The van der Waals surface area contributed by atoms with E-state index in [9.17, 15) is 4.79 Å². The van der Waals surface area contributed by atoms with Crippen molar-refractivity contribution in [1.29, 1.82) is 0 Å². The first kappa shape index (κ1) is 17.4. The van der Waals surface area contributed by atoms with E-state index in [1.165, 1.54) is 11.9 Å². The topological polar surface area (TPSA) is 68.0 Å². The zero-order valence-corrected chi connectivity index (χ0v) is 13.3. The van der Waals surface area contributed by atoms with Crippen LogP contribution in [0.4, 0.5) is 0 Å². The van der Waals surface area contributed by atoms with Crippen molar-refractivity contribution < 1.29 is 4.79 Å². The lowest BCUT2D eigenvalue weighted by molar-refractivity contribution is -0.120.